The fraction of sp³-hybridized carbons (Fsp3) is 0.417. The van der Waals surface area contributed by atoms with Gasteiger partial charge in [0.1, 0.15) is 0 Å². The number of hydrogen-bond donors (Lipinski definition) is 2. The summed E-state index contributed by atoms with van der Waals surface area (Å²) in [5.41, 5.74) is 3.68. The fourth-order valence-corrected chi connectivity index (χ4v) is 4.83. The minimum absolute atomic E-state index is 0.0103. The summed E-state index contributed by atoms with van der Waals surface area (Å²) in [6.45, 7) is 3.98. The maximum absolute atomic E-state index is 13.0. The van der Waals surface area contributed by atoms with Crippen LogP contribution in [0.5, 0.6) is 0 Å². The Morgan fingerprint density at radius 1 is 0.966 bits per heavy atom. The van der Waals surface area contributed by atoms with E-state index in [-0.39, 0.29) is 30.1 Å². The molecule has 5 nitrogen and oxygen atoms in total. The van der Waals surface area contributed by atoms with E-state index in [9.17, 15) is 9.59 Å². The lowest BCUT2D eigenvalue weighted by atomic mass is 9.82. The molecule has 29 heavy (non-hydrogen) atoms. The van der Waals surface area contributed by atoms with Gasteiger partial charge < -0.3 is 15.5 Å². The predicted octanol–water partition coefficient (Wildman–Crippen LogP) is 4.65. The van der Waals surface area contributed by atoms with Crippen LogP contribution < -0.4 is 10.6 Å². The first kappa shape index (κ1) is 19.5. The van der Waals surface area contributed by atoms with Crippen LogP contribution in [0, 0.1) is 13.8 Å². The van der Waals surface area contributed by atoms with Crippen LogP contribution in [-0.2, 0) is 0 Å². The summed E-state index contributed by atoms with van der Waals surface area (Å²) < 4.78 is 0. The lowest BCUT2D eigenvalue weighted by molar-refractivity contribution is 0.0577. The van der Waals surface area contributed by atoms with Crippen LogP contribution in [0.2, 0.25) is 0 Å². The highest BCUT2D eigenvalue weighted by molar-refractivity contribution is 5.95. The second-order valence-corrected chi connectivity index (χ2v) is 8.40. The first-order chi connectivity index (χ1) is 14.0. The Labute approximate surface area is 172 Å². The smallest absolute Gasteiger partial charge is 0.322 e. The van der Waals surface area contributed by atoms with Gasteiger partial charge in [0.2, 0.25) is 0 Å². The monoisotopic (exact) mass is 391 g/mol. The quantitative estimate of drug-likeness (QED) is 0.800. The second kappa shape index (κ2) is 8.27. The van der Waals surface area contributed by atoms with Crippen molar-refractivity contribution in [2.45, 2.75) is 64.1 Å². The molecule has 2 atom stereocenters. The number of piperidine rings is 2. The zero-order valence-electron chi connectivity index (χ0n) is 17.2. The molecule has 2 N–H and O–H groups in total. The average Bonchev–Trinajstić information content (AvgIpc) is 2.67. The Kier molecular flexibility index (Phi) is 5.56. The summed E-state index contributed by atoms with van der Waals surface area (Å²) in [4.78, 5) is 27.8. The molecule has 0 aliphatic carbocycles. The predicted molar refractivity (Wildman–Crippen MR) is 115 cm³/mol. The van der Waals surface area contributed by atoms with Crippen molar-refractivity contribution in [2.24, 2.45) is 0 Å². The summed E-state index contributed by atoms with van der Waals surface area (Å²) in [5.74, 6) is -0.0103. The van der Waals surface area contributed by atoms with Crippen molar-refractivity contribution in [2.75, 3.05) is 5.32 Å². The molecule has 2 aromatic rings. The molecule has 2 aliphatic heterocycles. The molecule has 2 fully saturated rings. The molecule has 0 saturated carbocycles. The highest BCUT2D eigenvalue weighted by atomic mass is 16.2. The van der Waals surface area contributed by atoms with Crippen LogP contribution in [0.25, 0.3) is 0 Å². The molecule has 2 aliphatic rings. The lowest BCUT2D eigenvalue weighted by Gasteiger charge is -2.48. The Balaban J connectivity index is 1.43. The Hall–Kier alpha value is -2.82. The molecule has 0 unspecified atom stereocenters. The van der Waals surface area contributed by atoms with E-state index >= 15 is 0 Å². The molecule has 0 radical (unpaired) electrons. The van der Waals surface area contributed by atoms with Crippen molar-refractivity contribution in [3.63, 3.8) is 0 Å². The van der Waals surface area contributed by atoms with E-state index in [0.29, 0.717) is 0 Å². The van der Waals surface area contributed by atoms with Crippen LogP contribution in [0.1, 0.15) is 53.6 Å². The Bertz CT molecular complexity index is 897. The number of hydrogen-bond acceptors (Lipinski definition) is 2. The Morgan fingerprint density at radius 3 is 2.38 bits per heavy atom. The zero-order chi connectivity index (χ0) is 20.4. The molecule has 3 amide bonds. The van der Waals surface area contributed by atoms with Crippen LogP contribution in [0.15, 0.2) is 48.5 Å². The van der Waals surface area contributed by atoms with Crippen molar-refractivity contribution in [3.8, 4) is 0 Å². The van der Waals surface area contributed by atoms with Crippen LogP contribution in [0.3, 0.4) is 0 Å². The first-order valence-electron chi connectivity index (χ1n) is 10.5. The van der Waals surface area contributed by atoms with Crippen molar-refractivity contribution >= 4 is 17.6 Å². The number of aryl methyl sites for hydroxylation is 2. The maximum atomic E-state index is 13.0. The summed E-state index contributed by atoms with van der Waals surface area (Å²) in [5, 5.41) is 6.29. The van der Waals surface area contributed by atoms with E-state index in [1.165, 1.54) is 0 Å². The number of nitrogens with zero attached hydrogens (tertiary/aromatic N) is 1. The number of benzene rings is 2. The van der Waals surface area contributed by atoms with Gasteiger partial charge in [-0.2, -0.15) is 0 Å². The summed E-state index contributed by atoms with van der Waals surface area (Å²) >= 11 is 0. The molecular formula is C24H29N3O2. The van der Waals surface area contributed by atoms with E-state index in [0.717, 1.165) is 54.5 Å². The van der Waals surface area contributed by atoms with Gasteiger partial charge in [-0.25, -0.2) is 4.79 Å². The largest absolute Gasteiger partial charge is 0.349 e. The second-order valence-electron chi connectivity index (χ2n) is 8.40. The maximum Gasteiger partial charge on any atom is 0.322 e. The van der Waals surface area contributed by atoms with Crippen LogP contribution in [-0.4, -0.2) is 35.0 Å². The van der Waals surface area contributed by atoms with Crippen molar-refractivity contribution in [1.29, 1.82) is 0 Å². The van der Waals surface area contributed by atoms with Gasteiger partial charge in [0, 0.05) is 29.4 Å². The molecule has 4 rings (SSSR count). The standard InChI is InChI=1S/C24H29N3O2/c1-16-7-5-9-18(13-16)26-24(29)27-20-10-6-11-21(27)15-19(14-20)25-23(28)22-12-4-3-8-17(22)2/h3-5,7-9,12-13,19-21H,6,10-11,14-15H2,1-2H3,(H,25,28)(H,26,29)/t20-,21-/m1/s1. The molecule has 2 heterocycles. The number of anilines is 1. The number of fused-ring (bicyclic) bond motifs is 2. The third kappa shape index (κ3) is 4.29. The number of nitrogens with one attached hydrogen (secondary N) is 2. The fourth-order valence-electron chi connectivity index (χ4n) is 4.83. The number of carbonyl (C=O) groups excluding carboxylic acids is 2. The van der Waals surface area contributed by atoms with Gasteiger partial charge in [0.15, 0.2) is 0 Å². The highest BCUT2D eigenvalue weighted by Gasteiger charge is 2.41. The van der Waals surface area contributed by atoms with E-state index < -0.39 is 0 Å². The number of carbonyl (C=O) groups is 2. The van der Waals surface area contributed by atoms with Gasteiger partial charge in [0.25, 0.3) is 5.91 Å². The molecule has 0 spiro atoms. The highest BCUT2D eigenvalue weighted by Crippen LogP contribution is 2.34. The number of rotatable bonds is 3. The third-order valence-electron chi connectivity index (χ3n) is 6.20. The van der Waals surface area contributed by atoms with Crippen molar-refractivity contribution in [1.82, 2.24) is 10.2 Å². The Morgan fingerprint density at radius 2 is 1.69 bits per heavy atom. The van der Waals surface area contributed by atoms with Gasteiger partial charge in [0.05, 0.1) is 0 Å². The summed E-state index contributed by atoms with van der Waals surface area (Å²) in [6.07, 6.45) is 4.76. The third-order valence-corrected chi connectivity index (χ3v) is 6.20. The van der Waals surface area contributed by atoms with Gasteiger partial charge in [-0.1, -0.05) is 30.3 Å². The molecule has 2 aromatic carbocycles. The van der Waals surface area contributed by atoms with Gasteiger partial charge in [-0.05, 0) is 75.3 Å². The topological polar surface area (TPSA) is 61.4 Å². The average molecular weight is 392 g/mol. The first-order valence-corrected chi connectivity index (χ1v) is 10.5. The van der Waals surface area contributed by atoms with Crippen LogP contribution in [0.4, 0.5) is 10.5 Å². The minimum Gasteiger partial charge on any atom is -0.349 e. The van der Waals surface area contributed by atoms with Gasteiger partial charge >= 0.3 is 6.03 Å². The van der Waals surface area contributed by atoms with E-state index in [1.807, 2.05) is 67.3 Å². The zero-order valence-corrected chi connectivity index (χ0v) is 17.2. The normalized spacial score (nSPS) is 23.4. The SMILES string of the molecule is Cc1cccc(NC(=O)N2[C@@H]3CCC[C@@H]2CC(NC(=O)c2ccccc2C)C3)c1. The van der Waals surface area contributed by atoms with E-state index in [1.54, 1.807) is 0 Å². The summed E-state index contributed by atoms with van der Waals surface area (Å²) in [7, 11) is 0. The minimum atomic E-state index is -0.0195. The van der Waals surface area contributed by atoms with E-state index in [2.05, 4.69) is 10.6 Å². The summed E-state index contributed by atoms with van der Waals surface area (Å²) in [6, 6.07) is 16.0. The van der Waals surface area contributed by atoms with Crippen LogP contribution >= 0.6 is 0 Å². The van der Waals surface area contributed by atoms with Gasteiger partial charge in [-0.15, -0.1) is 0 Å². The van der Waals surface area contributed by atoms with Crippen molar-refractivity contribution < 1.29 is 9.59 Å². The number of amides is 3. The molecule has 0 aromatic heterocycles. The number of urea groups is 1. The van der Waals surface area contributed by atoms with Crippen molar-refractivity contribution in [3.05, 3.63) is 65.2 Å². The van der Waals surface area contributed by atoms with Gasteiger partial charge in [-0.3, -0.25) is 4.79 Å². The molecule has 2 saturated heterocycles. The molecule has 5 heteroatoms. The van der Waals surface area contributed by atoms with E-state index in [4.69, 9.17) is 0 Å². The lowest BCUT2D eigenvalue weighted by Crippen LogP contribution is -2.59. The molecule has 152 valence electrons. The molecular weight excluding hydrogens is 362 g/mol. The molecule has 2 bridgehead atoms.